The normalized spacial score (nSPS) is 22.4. The van der Waals surface area contributed by atoms with Gasteiger partial charge in [0, 0.05) is 12.6 Å². The van der Waals surface area contributed by atoms with Crippen LogP contribution in [0.25, 0.3) is 0 Å². The van der Waals surface area contributed by atoms with E-state index in [1.54, 1.807) is 4.90 Å². The lowest BCUT2D eigenvalue weighted by molar-refractivity contribution is -0.141. The predicted octanol–water partition coefficient (Wildman–Crippen LogP) is 2.97. The molecule has 0 radical (unpaired) electrons. The van der Waals surface area contributed by atoms with Gasteiger partial charge in [-0.05, 0) is 30.9 Å². The number of fused-ring (bicyclic) bond motifs is 1. The zero-order valence-electron chi connectivity index (χ0n) is 13.9. The van der Waals surface area contributed by atoms with Crippen molar-refractivity contribution in [1.82, 2.24) is 10.2 Å². The van der Waals surface area contributed by atoms with Gasteiger partial charge in [-0.1, -0.05) is 49.9 Å². The molecule has 0 saturated heterocycles. The van der Waals surface area contributed by atoms with E-state index in [2.05, 4.69) is 5.32 Å². The number of hydrogen-bond donors (Lipinski definition) is 1. The summed E-state index contributed by atoms with van der Waals surface area (Å²) in [5.41, 5.74) is 1.98. The maximum Gasteiger partial charge on any atom is 0.247 e. The second-order valence-corrected chi connectivity index (χ2v) is 6.65. The molecule has 1 N–H and O–H groups in total. The second-order valence-electron chi connectivity index (χ2n) is 6.65. The van der Waals surface area contributed by atoms with Crippen LogP contribution in [0.2, 0.25) is 0 Å². The third kappa shape index (κ3) is 3.41. The Morgan fingerprint density at radius 3 is 2.57 bits per heavy atom. The minimum absolute atomic E-state index is 0.0146. The van der Waals surface area contributed by atoms with Crippen LogP contribution in [-0.4, -0.2) is 29.3 Å². The molecule has 1 aliphatic heterocycles. The number of rotatable bonds is 3. The maximum atomic E-state index is 13.0. The number of carbonyl (C=O) groups is 2. The molecule has 1 saturated carbocycles. The molecule has 2 aliphatic rings. The number of nitrogens with zero attached hydrogens (tertiary/aromatic N) is 1. The number of amides is 2. The van der Waals surface area contributed by atoms with Crippen LogP contribution in [0.3, 0.4) is 0 Å². The molecule has 1 aliphatic carbocycles. The molecule has 1 heterocycles. The summed E-state index contributed by atoms with van der Waals surface area (Å²) in [5, 5.41) is 3.22. The Hall–Kier alpha value is -1.84. The predicted molar refractivity (Wildman–Crippen MR) is 89.9 cm³/mol. The van der Waals surface area contributed by atoms with Crippen LogP contribution < -0.4 is 5.32 Å². The number of likely N-dealkylation sites (N-methyl/N-ethyl adjacent to an activating group) is 1. The SMILES string of the molecule is CCN1C(=O)Cc2ccccc2C1C(=O)NC1CCCCCC1. The zero-order valence-corrected chi connectivity index (χ0v) is 13.9. The highest BCUT2D eigenvalue weighted by Crippen LogP contribution is 2.31. The third-order valence-corrected chi connectivity index (χ3v) is 5.11. The molecule has 0 spiro atoms. The summed E-state index contributed by atoms with van der Waals surface area (Å²) in [6.45, 7) is 2.51. The minimum atomic E-state index is -0.472. The fraction of sp³-hybridized carbons (Fsp3) is 0.579. The number of hydrogen-bond acceptors (Lipinski definition) is 2. The van der Waals surface area contributed by atoms with E-state index in [0.717, 1.165) is 24.0 Å². The molecule has 124 valence electrons. The highest BCUT2D eigenvalue weighted by molar-refractivity contribution is 5.92. The standard InChI is InChI=1S/C19H26N2O2/c1-2-21-17(22)13-14-9-7-8-12-16(14)18(21)19(23)20-15-10-5-3-4-6-11-15/h7-9,12,15,18H,2-6,10-11,13H2,1H3,(H,20,23). The van der Waals surface area contributed by atoms with Crippen LogP contribution in [-0.2, 0) is 16.0 Å². The average Bonchev–Trinajstić information content (AvgIpc) is 2.82. The first-order valence-electron chi connectivity index (χ1n) is 8.88. The molecule has 0 aromatic heterocycles. The minimum Gasteiger partial charge on any atom is -0.351 e. The highest BCUT2D eigenvalue weighted by atomic mass is 16.2. The summed E-state index contributed by atoms with van der Waals surface area (Å²) in [5.74, 6) is 0.0338. The zero-order chi connectivity index (χ0) is 16.2. The molecule has 1 aromatic carbocycles. The number of benzene rings is 1. The second kappa shape index (κ2) is 7.16. The molecule has 23 heavy (non-hydrogen) atoms. The van der Waals surface area contributed by atoms with E-state index < -0.39 is 6.04 Å². The van der Waals surface area contributed by atoms with Crippen molar-refractivity contribution in [3.8, 4) is 0 Å². The van der Waals surface area contributed by atoms with E-state index in [4.69, 9.17) is 0 Å². The van der Waals surface area contributed by atoms with Gasteiger partial charge < -0.3 is 10.2 Å². The first-order chi connectivity index (χ1) is 11.2. The fourth-order valence-electron chi connectivity index (χ4n) is 3.88. The van der Waals surface area contributed by atoms with E-state index in [-0.39, 0.29) is 17.9 Å². The van der Waals surface area contributed by atoms with Crippen molar-refractivity contribution in [2.24, 2.45) is 0 Å². The Labute approximate surface area is 138 Å². The van der Waals surface area contributed by atoms with Crippen molar-refractivity contribution in [3.05, 3.63) is 35.4 Å². The number of nitrogens with one attached hydrogen (secondary N) is 1. The van der Waals surface area contributed by atoms with Crippen molar-refractivity contribution in [1.29, 1.82) is 0 Å². The largest absolute Gasteiger partial charge is 0.351 e. The fourth-order valence-corrected chi connectivity index (χ4v) is 3.88. The summed E-state index contributed by atoms with van der Waals surface area (Å²) in [6, 6.07) is 7.63. The summed E-state index contributed by atoms with van der Waals surface area (Å²) >= 11 is 0. The molecule has 2 amide bonds. The lowest BCUT2D eigenvalue weighted by Gasteiger charge is -2.36. The lowest BCUT2D eigenvalue weighted by Crippen LogP contribution is -2.49. The summed E-state index contributed by atoms with van der Waals surface area (Å²) in [6.07, 6.45) is 7.40. The lowest BCUT2D eigenvalue weighted by atomic mass is 9.91. The maximum absolute atomic E-state index is 13.0. The van der Waals surface area contributed by atoms with E-state index in [9.17, 15) is 9.59 Å². The van der Waals surface area contributed by atoms with Crippen molar-refractivity contribution in [2.75, 3.05) is 6.54 Å². The van der Waals surface area contributed by atoms with Crippen LogP contribution in [0.1, 0.15) is 62.6 Å². The van der Waals surface area contributed by atoms with Gasteiger partial charge in [0.1, 0.15) is 6.04 Å². The summed E-state index contributed by atoms with van der Waals surface area (Å²) in [7, 11) is 0. The van der Waals surface area contributed by atoms with E-state index in [1.165, 1.54) is 25.7 Å². The van der Waals surface area contributed by atoms with Crippen LogP contribution in [0.15, 0.2) is 24.3 Å². The average molecular weight is 314 g/mol. The van der Waals surface area contributed by atoms with Gasteiger partial charge in [0.15, 0.2) is 0 Å². The Balaban J connectivity index is 1.82. The quantitative estimate of drug-likeness (QED) is 0.872. The molecular weight excluding hydrogens is 288 g/mol. The van der Waals surface area contributed by atoms with Gasteiger partial charge in [0.25, 0.3) is 0 Å². The third-order valence-electron chi connectivity index (χ3n) is 5.11. The van der Waals surface area contributed by atoms with E-state index >= 15 is 0 Å². The summed E-state index contributed by atoms with van der Waals surface area (Å²) in [4.78, 5) is 27.1. The molecule has 1 unspecified atom stereocenters. The Morgan fingerprint density at radius 1 is 1.17 bits per heavy atom. The van der Waals surface area contributed by atoms with Gasteiger partial charge in [-0.25, -0.2) is 0 Å². The van der Waals surface area contributed by atoms with Crippen molar-refractivity contribution in [2.45, 2.75) is 64.0 Å². The van der Waals surface area contributed by atoms with Crippen molar-refractivity contribution in [3.63, 3.8) is 0 Å². The van der Waals surface area contributed by atoms with Gasteiger partial charge in [0.05, 0.1) is 6.42 Å². The van der Waals surface area contributed by atoms with E-state index in [0.29, 0.717) is 13.0 Å². The van der Waals surface area contributed by atoms with Crippen LogP contribution in [0.5, 0.6) is 0 Å². The topological polar surface area (TPSA) is 49.4 Å². The number of carbonyl (C=O) groups excluding carboxylic acids is 2. The van der Waals surface area contributed by atoms with Crippen LogP contribution >= 0.6 is 0 Å². The van der Waals surface area contributed by atoms with Gasteiger partial charge in [0.2, 0.25) is 11.8 Å². The van der Waals surface area contributed by atoms with Gasteiger partial charge in [-0.3, -0.25) is 9.59 Å². The van der Waals surface area contributed by atoms with Crippen LogP contribution in [0.4, 0.5) is 0 Å². The molecule has 4 heteroatoms. The van der Waals surface area contributed by atoms with Crippen LogP contribution in [0, 0.1) is 0 Å². The summed E-state index contributed by atoms with van der Waals surface area (Å²) < 4.78 is 0. The Bertz CT molecular complexity index is 576. The molecule has 1 fully saturated rings. The monoisotopic (exact) mass is 314 g/mol. The van der Waals surface area contributed by atoms with E-state index in [1.807, 2.05) is 31.2 Å². The van der Waals surface area contributed by atoms with Gasteiger partial charge in [-0.15, -0.1) is 0 Å². The smallest absolute Gasteiger partial charge is 0.247 e. The highest BCUT2D eigenvalue weighted by Gasteiger charge is 2.36. The van der Waals surface area contributed by atoms with Gasteiger partial charge >= 0.3 is 0 Å². The Morgan fingerprint density at radius 2 is 1.87 bits per heavy atom. The molecule has 0 bridgehead atoms. The molecule has 1 atom stereocenters. The Kier molecular flexibility index (Phi) is 4.99. The molecular formula is C19H26N2O2. The van der Waals surface area contributed by atoms with Crippen molar-refractivity contribution < 1.29 is 9.59 Å². The van der Waals surface area contributed by atoms with Crippen molar-refractivity contribution >= 4 is 11.8 Å². The molecule has 4 nitrogen and oxygen atoms in total. The molecule has 3 rings (SSSR count). The first kappa shape index (κ1) is 16.0. The first-order valence-corrected chi connectivity index (χ1v) is 8.88. The molecule has 1 aromatic rings. The van der Waals surface area contributed by atoms with Gasteiger partial charge in [-0.2, -0.15) is 0 Å².